The van der Waals surface area contributed by atoms with E-state index in [1.54, 1.807) is 0 Å². The Balaban J connectivity index is 1.63. The van der Waals surface area contributed by atoms with E-state index in [2.05, 4.69) is 6.07 Å². The van der Waals surface area contributed by atoms with Crippen LogP contribution in [0.5, 0.6) is 0 Å². The molecule has 1 aromatic heterocycles. The van der Waals surface area contributed by atoms with Crippen molar-refractivity contribution in [2.24, 2.45) is 17.8 Å². The minimum absolute atomic E-state index is 0.347. The molecule has 20 heavy (non-hydrogen) atoms. The van der Waals surface area contributed by atoms with Crippen molar-refractivity contribution in [1.82, 2.24) is 0 Å². The van der Waals surface area contributed by atoms with Crippen molar-refractivity contribution in [3.05, 3.63) is 35.0 Å². The standard InChI is InChI=1S/C18H19ClO/c19-15-1-2-16-14(6-15)7-17(20-16)18-8-11-3-12(9-18)5-13(4-11)10-18/h1-2,6-7,11-13H,3-5,8-10H2. The summed E-state index contributed by atoms with van der Waals surface area (Å²) < 4.78 is 6.25. The number of rotatable bonds is 1. The van der Waals surface area contributed by atoms with Gasteiger partial charge in [0.15, 0.2) is 0 Å². The minimum Gasteiger partial charge on any atom is -0.460 e. The third-order valence-corrected chi connectivity index (χ3v) is 6.27. The van der Waals surface area contributed by atoms with Crippen molar-refractivity contribution in [1.29, 1.82) is 0 Å². The topological polar surface area (TPSA) is 13.1 Å². The van der Waals surface area contributed by atoms with Crippen LogP contribution in [0.25, 0.3) is 11.0 Å². The molecule has 0 N–H and O–H groups in total. The summed E-state index contributed by atoms with van der Waals surface area (Å²) in [5.74, 6) is 4.11. The van der Waals surface area contributed by atoms with E-state index in [-0.39, 0.29) is 0 Å². The second kappa shape index (κ2) is 3.82. The van der Waals surface area contributed by atoms with Crippen molar-refractivity contribution in [2.45, 2.75) is 43.9 Å². The van der Waals surface area contributed by atoms with Gasteiger partial charge in [-0.25, -0.2) is 0 Å². The first kappa shape index (κ1) is 11.7. The molecule has 0 saturated heterocycles. The van der Waals surface area contributed by atoms with Crippen LogP contribution in [0.3, 0.4) is 0 Å². The smallest absolute Gasteiger partial charge is 0.134 e. The fourth-order valence-electron chi connectivity index (χ4n) is 5.69. The zero-order valence-electron chi connectivity index (χ0n) is 11.6. The van der Waals surface area contributed by atoms with E-state index >= 15 is 0 Å². The van der Waals surface area contributed by atoms with E-state index in [1.807, 2.05) is 18.2 Å². The highest BCUT2D eigenvalue weighted by Crippen LogP contribution is 2.61. The van der Waals surface area contributed by atoms with Crippen LogP contribution in [0.2, 0.25) is 5.02 Å². The Bertz CT molecular complexity index is 648. The molecule has 0 atom stereocenters. The van der Waals surface area contributed by atoms with Crippen LogP contribution in [0.4, 0.5) is 0 Å². The van der Waals surface area contributed by atoms with E-state index in [0.29, 0.717) is 5.41 Å². The molecule has 4 bridgehead atoms. The molecule has 0 aliphatic heterocycles. The first-order valence-corrected chi connectivity index (χ1v) is 8.28. The number of halogens is 1. The summed E-state index contributed by atoms with van der Waals surface area (Å²) in [5.41, 5.74) is 1.35. The molecule has 4 saturated carbocycles. The van der Waals surface area contributed by atoms with Gasteiger partial charge in [-0.15, -0.1) is 0 Å². The van der Waals surface area contributed by atoms with Gasteiger partial charge in [0.25, 0.3) is 0 Å². The van der Waals surface area contributed by atoms with Gasteiger partial charge in [0.2, 0.25) is 0 Å². The Morgan fingerprint density at radius 3 is 2.25 bits per heavy atom. The van der Waals surface area contributed by atoms with Crippen molar-refractivity contribution < 1.29 is 4.42 Å². The van der Waals surface area contributed by atoms with Crippen molar-refractivity contribution in [3.63, 3.8) is 0 Å². The first-order valence-electron chi connectivity index (χ1n) is 7.90. The van der Waals surface area contributed by atoms with E-state index in [0.717, 1.165) is 28.4 Å². The molecule has 4 aliphatic carbocycles. The lowest BCUT2D eigenvalue weighted by Gasteiger charge is -2.55. The van der Waals surface area contributed by atoms with Crippen molar-refractivity contribution in [3.8, 4) is 0 Å². The second-order valence-electron chi connectivity index (χ2n) is 7.49. The lowest BCUT2D eigenvalue weighted by molar-refractivity contribution is -0.0145. The zero-order valence-corrected chi connectivity index (χ0v) is 12.3. The van der Waals surface area contributed by atoms with Gasteiger partial charge in [-0.2, -0.15) is 0 Å². The maximum atomic E-state index is 6.25. The molecule has 0 amide bonds. The molecule has 1 aromatic carbocycles. The molecule has 0 spiro atoms. The summed E-state index contributed by atoms with van der Waals surface area (Å²) in [4.78, 5) is 0. The van der Waals surface area contributed by atoms with Crippen LogP contribution in [0.1, 0.15) is 44.3 Å². The highest BCUT2D eigenvalue weighted by molar-refractivity contribution is 6.31. The third kappa shape index (κ3) is 1.56. The van der Waals surface area contributed by atoms with E-state index in [9.17, 15) is 0 Å². The number of fused-ring (bicyclic) bond motifs is 1. The van der Waals surface area contributed by atoms with Crippen LogP contribution in [0, 0.1) is 17.8 Å². The Morgan fingerprint density at radius 2 is 1.60 bits per heavy atom. The second-order valence-corrected chi connectivity index (χ2v) is 7.93. The molecular weight excluding hydrogens is 268 g/mol. The average molecular weight is 287 g/mol. The Labute approximate surface area is 124 Å². The van der Waals surface area contributed by atoms with Crippen LogP contribution in [-0.2, 0) is 5.41 Å². The third-order valence-electron chi connectivity index (χ3n) is 6.04. The predicted molar refractivity (Wildman–Crippen MR) is 81.1 cm³/mol. The average Bonchev–Trinajstić information content (AvgIpc) is 2.80. The molecule has 4 fully saturated rings. The molecular formula is C18H19ClO. The van der Waals surface area contributed by atoms with Crippen molar-refractivity contribution >= 4 is 22.6 Å². The summed E-state index contributed by atoms with van der Waals surface area (Å²) in [6, 6.07) is 8.25. The Kier molecular flexibility index (Phi) is 2.23. The van der Waals surface area contributed by atoms with Crippen molar-refractivity contribution in [2.75, 3.05) is 0 Å². The molecule has 1 nitrogen and oxygen atoms in total. The van der Waals surface area contributed by atoms with Gasteiger partial charge in [0, 0.05) is 15.8 Å². The Morgan fingerprint density at radius 1 is 0.950 bits per heavy atom. The molecule has 4 aliphatic rings. The molecule has 0 unspecified atom stereocenters. The van der Waals surface area contributed by atoms with E-state index < -0.39 is 0 Å². The van der Waals surface area contributed by atoms with E-state index in [4.69, 9.17) is 16.0 Å². The fourth-order valence-corrected chi connectivity index (χ4v) is 5.87. The molecule has 2 aromatic rings. The maximum absolute atomic E-state index is 6.25. The van der Waals surface area contributed by atoms with Gasteiger partial charge in [-0.3, -0.25) is 0 Å². The highest BCUT2D eigenvalue weighted by Gasteiger charge is 2.53. The highest BCUT2D eigenvalue weighted by atomic mass is 35.5. The number of hydrogen-bond acceptors (Lipinski definition) is 1. The largest absolute Gasteiger partial charge is 0.460 e. The van der Waals surface area contributed by atoms with Crippen LogP contribution in [0.15, 0.2) is 28.7 Å². The summed E-state index contributed by atoms with van der Waals surface area (Å²) in [6.45, 7) is 0. The number of benzene rings is 1. The maximum Gasteiger partial charge on any atom is 0.134 e. The number of furan rings is 1. The van der Waals surface area contributed by atoms with Crippen LogP contribution in [-0.4, -0.2) is 0 Å². The number of hydrogen-bond donors (Lipinski definition) is 0. The summed E-state index contributed by atoms with van der Waals surface area (Å²) in [7, 11) is 0. The first-order chi connectivity index (χ1) is 9.70. The summed E-state index contributed by atoms with van der Waals surface area (Å²) in [6.07, 6.45) is 8.49. The van der Waals surface area contributed by atoms with E-state index in [1.165, 1.54) is 49.7 Å². The summed E-state index contributed by atoms with van der Waals surface area (Å²) >= 11 is 6.11. The van der Waals surface area contributed by atoms with Gasteiger partial charge < -0.3 is 4.42 Å². The monoisotopic (exact) mass is 286 g/mol. The van der Waals surface area contributed by atoms with Crippen LogP contribution >= 0.6 is 11.6 Å². The zero-order chi connectivity index (χ0) is 13.3. The Hall–Kier alpha value is -0.950. The predicted octanol–water partition coefficient (Wildman–Crippen LogP) is 5.55. The molecule has 104 valence electrons. The lowest BCUT2D eigenvalue weighted by Crippen LogP contribution is -2.48. The SMILES string of the molecule is Clc1ccc2oc(C34CC5CC(CC(C5)C3)C4)cc2c1. The minimum atomic E-state index is 0.347. The van der Waals surface area contributed by atoms with Gasteiger partial charge in [-0.05, 0) is 80.5 Å². The molecule has 2 heteroatoms. The normalized spacial score (nSPS) is 38.8. The van der Waals surface area contributed by atoms with Crippen LogP contribution < -0.4 is 0 Å². The van der Waals surface area contributed by atoms with Gasteiger partial charge >= 0.3 is 0 Å². The van der Waals surface area contributed by atoms with Gasteiger partial charge in [-0.1, -0.05) is 11.6 Å². The van der Waals surface area contributed by atoms with Gasteiger partial charge in [0.05, 0.1) is 0 Å². The molecule has 6 rings (SSSR count). The molecule has 0 radical (unpaired) electrons. The fraction of sp³-hybridized carbons (Fsp3) is 0.556. The molecule has 1 heterocycles. The van der Waals surface area contributed by atoms with Gasteiger partial charge in [0.1, 0.15) is 11.3 Å². The quantitative estimate of drug-likeness (QED) is 0.669. The summed E-state index contributed by atoms with van der Waals surface area (Å²) in [5, 5.41) is 1.97. The lowest BCUT2D eigenvalue weighted by atomic mass is 9.49.